The Hall–Kier alpha value is -2.16. The van der Waals surface area contributed by atoms with Gasteiger partial charge in [-0.1, -0.05) is 0 Å². The van der Waals surface area contributed by atoms with Gasteiger partial charge in [-0.2, -0.15) is 4.98 Å². The highest BCUT2D eigenvalue weighted by molar-refractivity contribution is 5.91. The lowest BCUT2D eigenvalue weighted by molar-refractivity contribution is -0.142. The van der Waals surface area contributed by atoms with Gasteiger partial charge in [0.15, 0.2) is 0 Å². The first-order valence-corrected chi connectivity index (χ1v) is 5.84. The molecule has 0 aromatic carbocycles. The van der Waals surface area contributed by atoms with E-state index in [4.69, 9.17) is 15.6 Å². The van der Waals surface area contributed by atoms with E-state index >= 15 is 0 Å². The number of aliphatic carboxylic acids is 1. The molecule has 0 bridgehead atoms. The maximum absolute atomic E-state index is 12.2. The van der Waals surface area contributed by atoms with Crippen LogP contribution in [-0.4, -0.2) is 62.9 Å². The highest BCUT2D eigenvalue weighted by atomic mass is 16.5. The van der Waals surface area contributed by atoms with Crippen LogP contribution in [0, 0.1) is 5.92 Å². The van der Waals surface area contributed by atoms with Gasteiger partial charge in [0.1, 0.15) is 5.92 Å². The minimum Gasteiger partial charge on any atom is -0.481 e. The number of carboxylic acid groups (broad SMARTS) is 1. The van der Waals surface area contributed by atoms with Crippen LogP contribution >= 0.6 is 0 Å². The lowest BCUT2D eigenvalue weighted by atomic mass is 10.0. The fraction of sp³-hybridized carbons (Fsp3) is 0.600. The first-order valence-electron chi connectivity index (χ1n) is 5.84. The van der Waals surface area contributed by atoms with E-state index in [2.05, 4.69) is 15.2 Å². The second-order valence-electron chi connectivity index (χ2n) is 4.18. The molecule has 0 aliphatic carbocycles. The topological polar surface area (TPSA) is 134 Å². The minimum absolute atomic E-state index is 0.00427. The molecule has 9 nitrogen and oxygen atoms in total. The molecule has 0 spiro atoms. The average Bonchev–Trinajstić information content (AvgIpc) is 2.98. The molecule has 1 aromatic heterocycles. The molecule has 19 heavy (non-hydrogen) atoms. The molecule has 1 aliphatic heterocycles. The largest absolute Gasteiger partial charge is 0.481 e. The molecule has 1 aliphatic rings. The summed E-state index contributed by atoms with van der Waals surface area (Å²) in [6.45, 7) is 2.40. The first kappa shape index (κ1) is 13.3. The van der Waals surface area contributed by atoms with E-state index in [1.165, 1.54) is 4.90 Å². The number of carboxylic acids is 1. The van der Waals surface area contributed by atoms with E-state index < -0.39 is 23.8 Å². The second-order valence-corrected chi connectivity index (χ2v) is 4.18. The smallest absolute Gasteiger partial charge is 0.311 e. The Morgan fingerprint density at radius 1 is 1.58 bits per heavy atom. The number of likely N-dealkylation sites (N-methyl/N-ethyl adjacent to an activating group) is 1. The van der Waals surface area contributed by atoms with Gasteiger partial charge in [-0.15, -0.1) is 5.10 Å². The summed E-state index contributed by atoms with van der Waals surface area (Å²) in [5.41, 5.74) is 5.34. The van der Waals surface area contributed by atoms with Crippen LogP contribution in [0.15, 0.2) is 0 Å². The van der Waals surface area contributed by atoms with Crippen LogP contribution in [0.3, 0.4) is 0 Å². The van der Waals surface area contributed by atoms with Crippen LogP contribution < -0.4 is 5.73 Å². The summed E-state index contributed by atoms with van der Waals surface area (Å²) in [4.78, 5) is 28.5. The summed E-state index contributed by atoms with van der Waals surface area (Å²) in [7, 11) is 0. The van der Waals surface area contributed by atoms with Crippen molar-refractivity contribution in [3.8, 4) is 0 Å². The van der Waals surface area contributed by atoms with Crippen molar-refractivity contribution in [1.82, 2.24) is 20.1 Å². The normalized spacial score (nSPS) is 22.4. The highest BCUT2D eigenvalue weighted by Crippen LogP contribution is 2.21. The summed E-state index contributed by atoms with van der Waals surface area (Å²) >= 11 is 0. The van der Waals surface area contributed by atoms with Crippen LogP contribution in [0.4, 0.5) is 5.95 Å². The fourth-order valence-electron chi connectivity index (χ4n) is 2.12. The monoisotopic (exact) mass is 269 g/mol. The van der Waals surface area contributed by atoms with E-state index in [0.717, 1.165) is 0 Å². The van der Waals surface area contributed by atoms with Crippen LogP contribution in [0.2, 0.25) is 0 Å². The average molecular weight is 269 g/mol. The molecule has 1 saturated heterocycles. The number of carbonyl (C=O) groups is 2. The number of nitrogens with two attached hydrogens (primary N) is 1. The van der Waals surface area contributed by atoms with Crippen LogP contribution in [-0.2, 0) is 9.53 Å². The van der Waals surface area contributed by atoms with Gasteiger partial charge in [0.2, 0.25) is 11.8 Å². The number of hydrogen-bond donors (Lipinski definition) is 3. The zero-order valence-corrected chi connectivity index (χ0v) is 10.4. The molecule has 1 fully saturated rings. The number of nitrogens with zero attached hydrogens (tertiary/aromatic N) is 3. The third-order valence-electron chi connectivity index (χ3n) is 3.07. The molecule has 2 rings (SSSR count). The van der Waals surface area contributed by atoms with Crippen LogP contribution in [0.25, 0.3) is 0 Å². The van der Waals surface area contributed by atoms with E-state index in [1.54, 1.807) is 6.92 Å². The quantitative estimate of drug-likeness (QED) is 0.634. The second kappa shape index (κ2) is 5.22. The van der Waals surface area contributed by atoms with Crippen molar-refractivity contribution in [3.05, 3.63) is 5.82 Å². The van der Waals surface area contributed by atoms with E-state index in [9.17, 15) is 9.59 Å². The number of nitrogen functional groups attached to an aromatic ring is 1. The maximum atomic E-state index is 12.2. The predicted molar refractivity (Wildman–Crippen MR) is 63.2 cm³/mol. The lowest BCUT2D eigenvalue weighted by Crippen LogP contribution is -2.46. The number of aromatic nitrogens is 3. The van der Waals surface area contributed by atoms with Crippen molar-refractivity contribution in [1.29, 1.82) is 0 Å². The molecule has 2 heterocycles. The fourth-order valence-corrected chi connectivity index (χ4v) is 2.12. The Labute approximate surface area is 108 Å². The van der Waals surface area contributed by atoms with E-state index in [-0.39, 0.29) is 25.0 Å². The summed E-state index contributed by atoms with van der Waals surface area (Å²) in [6.07, 6.45) is 0. The molecule has 2 unspecified atom stereocenters. The Balaban J connectivity index is 2.20. The van der Waals surface area contributed by atoms with Gasteiger partial charge in [0.25, 0.3) is 5.91 Å². The first-order chi connectivity index (χ1) is 9.04. The lowest BCUT2D eigenvalue weighted by Gasteiger charge is -2.28. The van der Waals surface area contributed by atoms with Crippen LogP contribution in [0.1, 0.15) is 17.5 Å². The Bertz CT molecular complexity index is 488. The van der Waals surface area contributed by atoms with Crippen LogP contribution in [0.5, 0.6) is 0 Å². The van der Waals surface area contributed by atoms with Gasteiger partial charge in [-0.05, 0) is 6.92 Å². The number of anilines is 1. The minimum atomic E-state index is -0.981. The van der Waals surface area contributed by atoms with Crippen molar-refractivity contribution in [2.75, 3.05) is 25.5 Å². The number of carbonyl (C=O) groups excluding carboxylic acids is 1. The molecule has 2 atom stereocenters. The Morgan fingerprint density at radius 3 is 2.84 bits per heavy atom. The van der Waals surface area contributed by atoms with E-state index in [0.29, 0.717) is 6.54 Å². The summed E-state index contributed by atoms with van der Waals surface area (Å²) in [5.74, 6) is -2.18. The molecule has 1 aromatic rings. The van der Waals surface area contributed by atoms with Gasteiger partial charge in [-0.3, -0.25) is 14.7 Å². The number of ether oxygens (including phenoxy) is 1. The van der Waals surface area contributed by atoms with Crippen molar-refractivity contribution >= 4 is 17.8 Å². The van der Waals surface area contributed by atoms with Crippen molar-refractivity contribution < 1.29 is 19.4 Å². The standard InChI is InChI=1S/C10H15N5O4/c1-2-15(6-4-19-3-5(6)9(17)18)8(16)7-12-10(11)14-13-7/h5-6H,2-4H2,1H3,(H,17,18)(H3,11,12,13,14). The summed E-state index contributed by atoms with van der Waals surface area (Å²) < 4.78 is 5.16. The molecule has 104 valence electrons. The van der Waals surface area contributed by atoms with Crippen molar-refractivity contribution in [2.45, 2.75) is 13.0 Å². The number of H-pyrrole nitrogens is 1. The van der Waals surface area contributed by atoms with Crippen molar-refractivity contribution in [3.63, 3.8) is 0 Å². The predicted octanol–water partition coefficient (Wildman–Crippen LogP) is -1.05. The maximum Gasteiger partial charge on any atom is 0.311 e. The van der Waals surface area contributed by atoms with Gasteiger partial charge in [0.05, 0.1) is 19.3 Å². The molecular formula is C10H15N5O4. The summed E-state index contributed by atoms with van der Waals surface area (Å²) in [6, 6.07) is -0.513. The van der Waals surface area contributed by atoms with E-state index in [1.807, 2.05) is 0 Å². The van der Waals surface area contributed by atoms with Gasteiger partial charge >= 0.3 is 5.97 Å². The molecule has 1 amide bonds. The van der Waals surface area contributed by atoms with Gasteiger partial charge in [0, 0.05) is 6.54 Å². The Kier molecular flexibility index (Phi) is 3.65. The SMILES string of the molecule is CCN(C(=O)c1nc(N)n[nH]1)C1COCC1C(=O)O. The number of rotatable bonds is 4. The zero-order valence-electron chi connectivity index (χ0n) is 10.4. The number of hydrogen-bond acceptors (Lipinski definition) is 6. The van der Waals surface area contributed by atoms with Gasteiger partial charge < -0.3 is 20.5 Å². The Morgan fingerprint density at radius 2 is 2.32 bits per heavy atom. The molecule has 4 N–H and O–H groups in total. The highest BCUT2D eigenvalue weighted by Gasteiger charge is 2.40. The molecule has 0 saturated carbocycles. The number of amides is 1. The molecule has 9 heteroatoms. The van der Waals surface area contributed by atoms with Crippen molar-refractivity contribution in [2.24, 2.45) is 5.92 Å². The number of nitrogens with one attached hydrogen (secondary N) is 1. The third-order valence-corrected chi connectivity index (χ3v) is 3.07. The summed E-state index contributed by atoms with van der Waals surface area (Å²) in [5, 5.41) is 15.1. The molecular weight excluding hydrogens is 254 g/mol. The number of aromatic amines is 1. The third kappa shape index (κ3) is 2.50. The zero-order chi connectivity index (χ0) is 14.0. The van der Waals surface area contributed by atoms with Gasteiger partial charge in [-0.25, -0.2) is 0 Å². The molecule has 0 radical (unpaired) electrons.